The summed E-state index contributed by atoms with van der Waals surface area (Å²) in [5.41, 5.74) is 4.49. The van der Waals surface area contributed by atoms with E-state index in [0.29, 0.717) is 0 Å². The van der Waals surface area contributed by atoms with Gasteiger partial charge in [-0.25, -0.2) is 0 Å². The second-order valence-corrected chi connectivity index (χ2v) is 5.70. The third-order valence-corrected chi connectivity index (χ3v) is 4.33. The van der Waals surface area contributed by atoms with Crippen LogP contribution in [0.25, 0.3) is 0 Å². The van der Waals surface area contributed by atoms with Gasteiger partial charge in [-0.1, -0.05) is 25.1 Å². The van der Waals surface area contributed by atoms with E-state index in [1.165, 1.54) is 36.0 Å². The van der Waals surface area contributed by atoms with Crippen LogP contribution in [0.1, 0.15) is 49.8 Å². The summed E-state index contributed by atoms with van der Waals surface area (Å²) in [5.74, 6) is 0. The Labute approximate surface area is 110 Å². The molecule has 0 aliphatic heterocycles. The maximum absolute atomic E-state index is 9.12. The van der Waals surface area contributed by atoms with Gasteiger partial charge in [-0.3, -0.25) is 0 Å². The molecule has 18 heavy (non-hydrogen) atoms. The Kier molecular flexibility index (Phi) is 4.41. The molecule has 100 valence electrons. The fourth-order valence-electron chi connectivity index (χ4n) is 2.69. The standard InChI is InChI=1S/C16H25NO/c1-3-16(2,9-10-18)17-12-13-7-8-14-5-4-6-15(14)11-13/h7-8,11,17-18H,3-6,9-10,12H2,1-2H3. The minimum Gasteiger partial charge on any atom is -0.396 e. The van der Waals surface area contributed by atoms with Crippen molar-refractivity contribution < 1.29 is 5.11 Å². The highest BCUT2D eigenvalue weighted by molar-refractivity contribution is 5.35. The molecule has 0 spiro atoms. The topological polar surface area (TPSA) is 32.3 Å². The molecule has 0 heterocycles. The van der Waals surface area contributed by atoms with Gasteiger partial charge in [0.1, 0.15) is 0 Å². The molecule has 1 aromatic carbocycles. The Bertz CT molecular complexity index is 402. The molecule has 0 aromatic heterocycles. The largest absolute Gasteiger partial charge is 0.396 e. The summed E-state index contributed by atoms with van der Waals surface area (Å²) in [4.78, 5) is 0. The SMILES string of the molecule is CCC(C)(CCO)NCc1ccc2c(c1)CCC2. The van der Waals surface area contributed by atoms with Crippen LogP contribution in [0.2, 0.25) is 0 Å². The summed E-state index contributed by atoms with van der Waals surface area (Å²) >= 11 is 0. The van der Waals surface area contributed by atoms with Crippen LogP contribution in [-0.4, -0.2) is 17.3 Å². The Morgan fingerprint density at radius 1 is 1.28 bits per heavy atom. The van der Waals surface area contributed by atoms with Crippen LogP contribution in [0.5, 0.6) is 0 Å². The first-order valence-corrected chi connectivity index (χ1v) is 7.13. The number of benzene rings is 1. The van der Waals surface area contributed by atoms with Gasteiger partial charge in [0.2, 0.25) is 0 Å². The van der Waals surface area contributed by atoms with Crippen LogP contribution < -0.4 is 5.32 Å². The lowest BCUT2D eigenvalue weighted by Crippen LogP contribution is -2.42. The molecule has 0 saturated carbocycles. The fourth-order valence-corrected chi connectivity index (χ4v) is 2.69. The first-order chi connectivity index (χ1) is 8.67. The summed E-state index contributed by atoms with van der Waals surface area (Å²) < 4.78 is 0. The van der Waals surface area contributed by atoms with Crippen molar-refractivity contribution in [1.29, 1.82) is 0 Å². The zero-order valence-electron chi connectivity index (χ0n) is 11.6. The minimum absolute atomic E-state index is 0.0494. The second kappa shape index (κ2) is 5.85. The third-order valence-electron chi connectivity index (χ3n) is 4.33. The number of aliphatic hydroxyl groups excluding tert-OH is 1. The molecule has 1 aliphatic rings. The molecule has 2 rings (SSSR count). The van der Waals surface area contributed by atoms with Crippen molar-refractivity contribution in [2.24, 2.45) is 0 Å². The zero-order valence-corrected chi connectivity index (χ0v) is 11.6. The summed E-state index contributed by atoms with van der Waals surface area (Å²) in [5, 5.41) is 12.7. The van der Waals surface area contributed by atoms with Gasteiger partial charge in [0.05, 0.1) is 0 Å². The van der Waals surface area contributed by atoms with E-state index < -0.39 is 0 Å². The molecular weight excluding hydrogens is 222 g/mol. The lowest BCUT2D eigenvalue weighted by Gasteiger charge is -2.29. The van der Waals surface area contributed by atoms with Gasteiger partial charge in [-0.15, -0.1) is 0 Å². The van der Waals surface area contributed by atoms with Crippen LogP contribution in [-0.2, 0) is 19.4 Å². The smallest absolute Gasteiger partial charge is 0.0448 e. The van der Waals surface area contributed by atoms with Crippen molar-refractivity contribution in [3.63, 3.8) is 0 Å². The molecule has 2 N–H and O–H groups in total. The molecule has 0 fully saturated rings. The number of hydrogen-bond acceptors (Lipinski definition) is 2. The molecule has 2 heteroatoms. The summed E-state index contributed by atoms with van der Waals surface area (Å²) in [6.45, 7) is 5.51. The van der Waals surface area contributed by atoms with Crippen molar-refractivity contribution in [3.8, 4) is 0 Å². The first-order valence-electron chi connectivity index (χ1n) is 7.13. The lowest BCUT2D eigenvalue weighted by atomic mass is 9.94. The predicted octanol–water partition coefficient (Wildman–Crippen LogP) is 2.82. The molecular formula is C16H25NO. The Morgan fingerprint density at radius 3 is 2.78 bits per heavy atom. The molecule has 2 nitrogen and oxygen atoms in total. The van der Waals surface area contributed by atoms with E-state index in [1.807, 2.05) is 0 Å². The molecule has 1 aliphatic carbocycles. The second-order valence-electron chi connectivity index (χ2n) is 5.70. The highest BCUT2D eigenvalue weighted by atomic mass is 16.3. The fraction of sp³-hybridized carbons (Fsp3) is 0.625. The van der Waals surface area contributed by atoms with Crippen molar-refractivity contribution in [1.82, 2.24) is 5.32 Å². The van der Waals surface area contributed by atoms with Crippen LogP contribution in [0.15, 0.2) is 18.2 Å². The maximum atomic E-state index is 9.12. The first kappa shape index (κ1) is 13.6. The van der Waals surface area contributed by atoms with E-state index in [4.69, 9.17) is 5.11 Å². The third kappa shape index (κ3) is 3.12. The molecule has 1 atom stereocenters. The number of aliphatic hydroxyl groups is 1. The van der Waals surface area contributed by atoms with Gasteiger partial charge in [0.15, 0.2) is 0 Å². The molecule has 0 bridgehead atoms. The molecule has 1 aromatic rings. The number of hydrogen-bond donors (Lipinski definition) is 2. The van der Waals surface area contributed by atoms with E-state index >= 15 is 0 Å². The Hall–Kier alpha value is -0.860. The summed E-state index contributed by atoms with van der Waals surface area (Å²) in [6.07, 6.45) is 5.65. The average molecular weight is 247 g/mol. The van der Waals surface area contributed by atoms with Crippen molar-refractivity contribution in [2.45, 2.75) is 58.0 Å². The highest BCUT2D eigenvalue weighted by Crippen LogP contribution is 2.23. The van der Waals surface area contributed by atoms with E-state index in [2.05, 4.69) is 37.4 Å². The number of rotatable bonds is 6. The monoisotopic (exact) mass is 247 g/mol. The van der Waals surface area contributed by atoms with Crippen LogP contribution in [0.3, 0.4) is 0 Å². The maximum Gasteiger partial charge on any atom is 0.0448 e. The average Bonchev–Trinajstić information content (AvgIpc) is 2.84. The van der Waals surface area contributed by atoms with Gasteiger partial charge in [0, 0.05) is 18.7 Å². The van der Waals surface area contributed by atoms with E-state index in [9.17, 15) is 0 Å². The van der Waals surface area contributed by atoms with Gasteiger partial charge in [-0.2, -0.15) is 0 Å². The lowest BCUT2D eigenvalue weighted by molar-refractivity contribution is 0.214. The van der Waals surface area contributed by atoms with Crippen molar-refractivity contribution >= 4 is 0 Å². The number of aryl methyl sites for hydroxylation is 2. The Balaban J connectivity index is 1.97. The normalized spacial score (nSPS) is 17.5. The van der Waals surface area contributed by atoms with Crippen LogP contribution in [0.4, 0.5) is 0 Å². The minimum atomic E-state index is 0.0494. The van der Waals surface area contributed by atoms with E-state index in [1.54, 1.807) is 0 Å². The molecule has 1 unspecified atom stereocenters. The number of nitrogens with one attached hydrogen (secondary N) is 1. The zero-order chi connectivity index (χ0) is 13.0. The van der Waals surface area contributed by atoms with Crippen LogP contribution in [0, 0.1) is 0 Å². The van der Waals surface area contributed by atoms with Gasteiger partial charge in [-0.05, 0) is 55.7 Å². The van der Waals surface area contributed by atoms with Crippen molar-refractivity contribution in [3.05, 3.63) is 34.9 Å². The highest BCUT2D eigenvalue weighted by Gasteiger charge is 2.20. The predicted molar refractivity (Wildman–Crippen MR) is 75.7 cm³/mol. The molecule has 0 radical (unpaired) electrons. The van der Waals surface area contributed by atoms with Crippen molar-refractivity contribution in [2.75, 3.05) is 6.61 Å². The Morgan fingerprint density at radius 2 is 2.06 bits per heavy atom. The van der Waals surface area contributed by atoms with Gasteiger partial charge < -0.3 is 10.4 Å². The van der Waals surface area contributed by atoms with E-state index in [0.717, 1.165) is 19.4 Å². The quantitative estimate of drug-likeness (QED) is 0.810. The molecule has 0 saturated heterocycles. The van der Waals surface area contributed by atoms with Gasteiger partial charge in [0.25, 0.3) is 0 Å². The summed E-state index contributed by atoms with van der Waals surface area (Å²) in [7, 11) is 0. The number of fused-ring (bicyclic) bond motifs is 1. The van der Waals surface area contributed by atoms with Gasteiger partial charge >= 0.3 is 0 Å². The van der Waals surface area contributed by atoms with Crippen LogP contribution >= 0.6 is 0 Å². The summed E-state index contributed by atoms with van der Waals surface area (Å²) in [6, 6.07) is 6.88. The molecule has 0 amide bonds. The van der Waals surface area contributed by atoms with E-state index in [-0.39, 0.29) is 12.1 Å².